The maximum Gasteiger partial charge on any atom is 0.238 e. The molecule has 0 bridgehead atoms. The zero-order chi connectivity index (χ0) is 28.0. The van der Waals surface area contributed by atoms with Crippen LogP contribution in [0, 0.1) is 11.3 Å². The molecular weight excluding hydrogens is 528 g/mol. The van der Waals surface area contributed by atoms with Crippen LogP contribution in [0.2, 0.25) is 5.02 Å². The molecule has 0 radical (unpaired) electrons. The molecule has 1 aromatic rings. The van der Waals surface area contributed by atoms with E-state index < -0.39 is 35.7 Å². The van der Waals surface area contributed by atoms with E-state index in [2.05, 4.69) is 43.3 Å². The lowest BCUT2D eigenvalue weighted by Crippen LogP contribution is -2.57. The van der Waals surface area contributed by atoms with Gasteiger partial charge < -0.3 is 21.1 Å². The molecule has 4 rings (SSSR count). The van der Waals surface area contributed by atoms with Gasteiger partial charge in [-0.15, -0.1) is 0 Å². The molecule has 2 fully saturated rings. The average Bonchev–Trinajstić information content (AvgIpc) is 3.26. The Bertz CT molecular complexity index is 1200. The van der Waals surface area contributed by atoms with E-state index in [0.717, 1.165) is 5.56 Å². The topological polar surface area (TPSA) is 90.5 Å². The normalized spacial score (nSPS) is 32.8. The molecule has 206 valence electrons. The van der Waals surface area contributed by atoms with Gasteiger partial charge in [-0.3, -0.25) is 9.59 Å². The number of anilines is 1. The molecule has 2 amide bonds. The Morgan fingerprint density at radius 2 is 2.03 bits per heavy atom. The number of carbonyl (C=O) groups excluding carboxylic acids is 2. The number of fused-ring (bicyclic) bond motifs is 2. The number of hydrogen-bond acceptors (Lipinski definition) is 4. The highest BCUT2D eigenvalue weighted by molar-refractivity contribution is 6.31. The lowest BCUT2D eigenvalue weighted by molar-refractivity contribution is -0.127. The molecule has 2 heterocycles. The third kappa shape index (κ3) is 5.44. The van der Waals surface area contributed by atoms with E-state index in [4.69, 9.17) is 23.2 Å². The maximum atomic E-state index is 14.0. The van der Waals surface area contributed by atoms with E-state index >= 15 is 0 Å². The van der Waals surface area contributed by atoms with Crippen LogP contribution in [0.4, 0.5) is 10.1 Å². The molecule has 0 unspecified atom stereocenters. The van der Waals surface area contributed by atoms with Crippen LogP contribution < -0.4 is 16.0 Å². The molecule has 1 aliphatic carbocycles. The first-order valence-electron chi connectivity index (χ1n) is 12.9. The monoisotopic (exact) mass is 563 g/mol. The summed E-state index contributed by atoms with van der Waals surface area (Å²) in [5.41, 5.74) is -0.206. The van der Waals surface area contributed by atoms with Crippen molar-refractivity contribution in [1.82, 2.24) is 10.6 Å². The number of halogens is 3. The lowest BCUT2D eigenvalue weighted by Gasteiger charge is -2.42. The van der Waals surface area contributed by atoms with Gasteiger partial charge in [-0.05, 0) is 60.9 Å². The maximum absolute atomic E-state index is 14.0. The predicted octanol–water partition coefficient (Wildman–Crippen LogP) is 5.16. The molecule has 1 saturated heterocycles. The fourth-order valence-electron chi connectivity index (χ4n) is 6.29. The Hall–Kier alpha value is -2.19. The van der Waals surface area contributed by atoms with Gasteiger partial charge in [0.25, 0.3) is 0 Å². The van der Waals surface area contributed by atoms with Crippen molar-refractivity contribution in [2.24, 2.45) is 11.3 Å². The van der Waals surface area contributed by atoms with Crippen molar-refractivity contribution in [2.45, 2.75) is 76.1 Å². The summed E-state index contributed by atoms with van der Waals surface area (Å²) in [4.78, 5) is 27.8. The summed E-state index contributed by atoms with van der Waals surface area (Å²) in [6, 6.07) is 3.99. The first-order valence-corrected chi connectivity index (χ1v) is 13.6. The molecular formula is C29H36Cl2FN3O3. The fourth-order valence-corrected chi connectivity index (χ4v) is 6.54. The summed E-state index contributed by atoms with van der Waals surface area (Å²) in [6.45, 7) is 11.5. The van der Waals surface area contributed by atoms with Crippen LogP contribution in [-0.4, -0.2) is 47.3 Å². The van der Waals surface area contributed by atoms with Gasteiger partial charge in [0.15, 0.2) is 0 Å². The molecule has 9 heteroatoms. The predicted molar refractivity (Wildman–Crippen MR) is 150 cm³/mol. The van der Waals surface area contributed by atoms with Crippen LogP contribution in [0.25, 0.3) is 0 Å². The summed E-state index contributed by atoms with van der Waals surface area (Å²) in [7, 11) is 0. The summed E-state index contributed by atoms with van der Waals surface area (Å²) >= 11 is 12.1. The van der Waals surface area contributed by atoms with Crippen molar-refractivity contribution >= 4 is 40.7 Å². The minimum absolute atomic E-state index is 0.0313. The van der Waals surface area contributed by atoms with E-state index in [1.165, 1.54) is 6.08 Å². The Morgan fingerprint density at radius 3 is 2.63 bits per heavy atom. The molecule has 4 N–H and O–H groups in total. The second-order valence-corrected chi connectivity index (χ2v) is 13.2. The van der Waals surface area contributed by atoms with Crippen molar-refractivity contribution in [3.05, 3.63) is 64.2 Å². The van der Waals surface area contributed by atoms with Gasteiger partial charge in [-0.25, -0.2) is 4.39 Å². The second-order valence-electron chi connectivity index (χ2n) is 12.2. The van der Waals surface area contributed by atoms with E-state index in [-0.39, 0.29) is 28.3 Å². The minimum atomic E-state index is -1.14. The van der Waals surface area contributed by atoms with Crippen molar-refractivity contribution in [2.75, 3.05) is 12.0 Å². The van der Waals surface area contributed by atoms with Gasteiger partial charge in [0.2, 0.25) is 11.8 Å². The minimum Gasteiger partial charge on any atom is -0.390 e. The molecule has 1 saturated carbocycles. The molecule has 3 aliphatic rings. The number of amides is 2. The fraction of sp³-hybridized carbons (Fsp3) is 0.517. The summed E-state index contributed by atoms with van der Waals surface area (Å²) in [5.74, 6) is -1.14. The van der Waals surface area contributed by atoms with Crippen molar-refractivity contribution in [3.63, 3.8) is 0 Å². The SMILES string of the molecule is C=C(/C=C\C=C(\Cl)CF)[C@H]1[C@H](C(=O)N[C@H]2C[C@@](C)(O)C2)N[C@H](CC(C)(C)C)[C@]12C(=O)Nc1cc(Cl)ccc12. The first kappa shape index (κ1) is 28.8. The van der Waals surface area contributed by atoms with Crippen molar-refractivity contribution < 1.29 is 19.1 Å². The average molecular weight is 565 g/mol. The summed E-state index contributed by atoms with van der Waals surface area (Å²) in [6.07, 6.45) is 6.22. The van der Waals surface area contributed by atoms with E-state index in [9.17, 15) is 19.1 Å². The van der Waals surface area contributed by atoms with Gasteiger partial charge in [-0.2, -0.15) is 0 Å². The van der Waals surface area contributed by atoms with Crippen LogP contribution in [-0.2, 0) is 15.0 Å². The van der Waals surface area contributed by atoms with Gasteiger partial charge in [0, 0.05) is 33.7 Å². The summed E-state index contributed by atoms with van der Waals surface area (Å²) < 4.78 is 12.9. The smallest absolute Gasteiger partial charge is 0.238 e. The number of alkyl halides is 1. The van der Waals surface area contributed by atoms with E-state index in [0.29, 0.717) is 35.5 Å². The third-order valence-corrected chi connectivity index (χ3v) is 8.20. The quantitative estimate of drug-likeness (QED) is 0.345. The highest BCUT2D eigenvalue weighted by Gasteiger charge is 2.65. The van der Waals surface area contributed by atoms with E-state index in [1.54, 1.807) is 31.2 Å². The Morgan fingerprint density at radius 1 is 1.34 bits per heavy atom. The highest BCUT2D eigenvalue weighted by Crippen LogP contribution is 2.55. The molecule has 6 nitrogen and oxygen atoms in total. The van der Waals surface area contributed by atoms with Crippen LogP contribution in [0.5, 0.6) is 0 Å². The second kappa shape index (κ2) is 10.4. The van der Waals surface area contributed by atoms with Crippen LogP contribution in [0.3, 0.4) is 0 Å². The van der Waals surface area contributed by atoms with Crippen LogP contribution in [0.15, 0.2) is 53.6 Å². The molecule has 1 spiro atoms. The lowest BCUT2D eigenvalue weighted by atomic mass is 9.62. The van der Waals surface area contributed by atoms with Crippen LogP contribution >= 0.6 is 23.2 Å². The highest BCUT2D eigenvalue weighted by atomic mass is 35.5. The standard InChI is InChI=1S/C29H36Cl2FN3O3/c1-16(7-6-8-18(31)15-32)23-24(25(36)33-19-12-28(5,38)13-19)35-22(14-27(2,3)4)29(23)20-10-9-17(30)11-21(20)34-26(29)37/h6-11,19,22-24,35,38H,1,12-15H2,2-5H3,(H,33,36)(H,34,37)/b7-6-,18-8+/t19-,22-,23+,24-,28+,29+/m1/s1. The number of aliphatic hydroxyl groups is 1. The van der Waals surface area contributed by atoms with Crippen molar-refractivity contribution in [3.8, 4) is 0 Å². The zero-order valence-corrected chi connectivity index (χ0v) is 23.7. The zero-order valence-electron chi connectivity index (χ0n) is 22.2. The van der Waals surface area contributed by atoms with Crippen molar-refractivity contribution in [1.29, 1.82) is 0 Å². The molecule has 38 heavy (non-hydrogen) atoms. The summed E-state index contributed by atoms with van der Waals surface area (Å²) in [5, 5.41) is 20.3. The number of benzene rings is 1. The van der Waals surface area contributed by atoms with Gasteiger partial charge in [0.1, 0.15) is 12.1 Å². The number of rotatable bonds is 7. The Kier molecular flexibility index (Phi) is 7.90. The largest absolute Gasteiger partial charge is 0.390 e. The number of carbonyl (C=O) groups is 2. The number of allylic oxidation sites excluding steroid dienone is 4. The van der Waals surface area contributed by atoms with Gasteiger partial charge >= 0.3 is 0 Å². The Labute approximate surface area is 233 Å². The number of nitrogens with one attached hydrogen (secondary N) is 3. The van der Waals surface area contributed by atoms with Gasteiger partial charge in [-0.1, -0.05) is 68.8 Å². The first-order chi connectivity index (χ1) is 17.7. The molecule has 2 aliphatic heterocycles. The molecule has 4 atom stereocenters. The third-order valence-electron chi connectivity index (χ3n) is 7.74. The Balaban J connectivity index is 1.82. The number of hydrogen-bond donors (Lipinski definition) is 4. The van der Waals surface area contributed by atoms with Crippen LogP contribution in [0.1, 0.15) is 52.5 Å². The van der Waals surface area contributed by atoms with E-state index in [1.807, 2.05) is 6.07 Å². The van der Waals surface area contributed by atoms with Gasteiger partial charge in [0.05, 0.1) is 11.6 Å². The molecule has 1 aromatic carbocycles. The molecule has 0 aromatic heterocycles.